The zero-order chi connectivity index (χ0) is 18.2. The summed E-state index contributed by atoms with van der Waals surface area (Å²) in [6.07, 6.45) is 0. The first-order valence-electron chi connectivity index (χ1n) is 8.88. The Labute approximate surface area is 171 Å². The van der Waals surface area contributed by atoms with Crippen LogP contribution in [-0.4, -0.2) is 44.4 Å². The molecule has 1 saturated heterocycles. The summed E-state index contributed by atoms with van der Waals surface area (Å²) in [6.45, 7) is 5.98. The zero-order valence-electron chi connectivity index (χ0n) is 15.2. The molecule has 0 atom stereocenters. The first kappa shape index (κ1) is 21.8. The van der Waals surface area contributed by atoms with Gasteiger partial charge >= 0.3 is 0 Å². The van der Waals surface area contributed by atoms with Gasteiger partial charge in [0.15, 0.2) is 0 Å². The fourth-order valence-electron chi connectivity index (χ4n) is 2.85. The van der Waals surface area contributed by atoms with Gasteiger partial charge in [-0.05, 0) is 35.9 Å². The van der Waals surface area contributed by atoms with Crippen LogP contribution in [0.2, 0.25) is 5.02 Å². The maximum absolute atomic E-state index is 6.00. The van der Waals surface area contributed by atoms with Gasteiger partial charge < -0.3 is 19.9 Å². The highest BCUT2D eigenvalue weighted by Gasteiger charge is 2.10. The van der Waals surface area contributed by atoms with Gasteiger partial charge in [0.1, 0.15) is 24.7 Å². The van der Waals surface area contributed by atoms with E-state index < -0.39 is 0 Å². The Balaban J connectivity index is 0.00000261. The molecule has 0 bridgehead atoms. The third kappa shape index (κ3) is 6.87. The lowest BCUT2D eigenvalue weighted by Crippen LogP contribution is -2.38. The van der Waals surface area contributed by atoms with Gasteiger partial charge in [-0.25, -0.2) is 0 Å². The van der Waals surface area contributed by atoms with Crippen LogP contribution in [0, 0.1) is 0 Å². The van der Waals surface area contributed by atoms with Crippen molar-refractivity contribution in [2.24, 2.45) is 5.73 Å². The first-order chi connectivity index (χ1) is 12.7. The predicted molar refractivity (Wildman–Crippen MR) is 110 cm³/mol. The second-order valence-corrected chi connectivity index (χ2v) is 6.63. The van der Waals surface area contributed by atoms with Crippen LogP contribution in [0.3, 0.4) is 0 Å². The van der Waals surface area contributed by atoms with E-state index in [4.69, 9.17) is 31.5 Å². The van der Waals surface area contributed by atoms with Crippen LogP contribution in [0.4, 0.5) is 0 Å². The molecule has 1 heterocycles. The molecule has 0 radical (unpaired) electrons. The summed E-state index contributed by atoms with van der Waals surface area (Å²) in [6, 6.07) is 13.5. The van der Waals surface area contributed by atoms with E-state index in [0.29, 0.717) is 24.8 Å². The average Bonchev–Trinajstić information content (AvgIpc) is 2.68. The van der Waals surface area contributed by atoms with Crippen molar-refractivity contribution in [2.75, 3.05) is 39.5 Å². The third-order valence-electron chi connectivity index (χ3n) is 4.32. The Kier molecular flexibility index (Phi) is 9.18. The molecule has 1 fully saturated rings. The fourth-order valence-corrected chi connectivity index (χ4v) is 3.05. The molecule has 148 valence electrons. The Bertz CT molecular complexity index is 709. The molecule has 0 spiro atoms. The van der Waals surface area contributed by atoms with Crippen LogP contribution < -0.4 is 15.2 Å². The van der Waals surface area contributed by atoms with Crippen molar-refractivity contribution >= 4 is 24.0 Å². The fraction of sp³-hybridized carbons (Fsp3) is 0.400. The normalized spacial score (nSPS) is 14.4. The van der Waals surface area contributed by atoms with E-state index in [9.17, 15) is 0 Å². The summed E-state index contributed by atoms with van der Waals surface area (Å²) in [7, 11) is 0. The Morgan fingerprint density at radius 2 is 1.89 bits per heavy atom. The molecule has 1 aliphatic heterocycles. The number of benzene rings is 2. The average molecular weight is 413 g/mol. The number of morpholine rings is 1. The molecule has 27 heavy (non-hydrogen) atoms. The van der Waals surface area contributed by atoms with Gasteiger partial charge in [-0.2, -0.15) is 0 Å². The van der Waals surface area contributed by atoms with Gasteiger partial charge in [0.25, 0.3) is 0 Å². The van der Waals surface area contributed by atoms with Crippen LogP contribution >= 0.6 is 24.0 Å². The van der Waals surface area contributed by atoms with Crippen LogP contribution in [0.1, 0.15) is 11.1 Å². The standard InChI is InChI=1S/C20H25ClN2O3.ClH/c21-18-4-5-20(17(13-18)14-22)26-15-16-2-1-3-19(12-16)25-11-8-23-6-9-24-10-7-23;/h1-5,12-13H,6-11,14-15,22H2;1H. The number of ether oxygens (including phenoxy) is 3. The summed E-state index contributed by atoms with van der Waals surface area (Å²) in [5, 5.41) is 0.661. The lowest BCUT2D eigenvalue weighted by Gasteiger charge is -2.26. The minimum atomic E-state index is 0. The molecule has 0 unspecified atom stereocenters. The molecule has 2 aromatic rings. The molecule has 0 amide bonds. The summed E-state index contributed by atoms with van der Waals surface area (Å²) in [5.41, 5.74) is 7.70. The smallest absolute Gasteiger partial charge is 0.124 e. The minimum absolute atomic E-state index is 0. The van der Waals surface area contributed by atoms with E-state index in [1.807, 2.05) is 36.4 Å². The van der Waals surface area contributed by atoms with Crippen molar-refractivity contribution in [3.63, 3.8) is 0 Å². The molecule has 0 aliphatic carbocycles. The van der Waals surface area contributed by atoms with E-state index in [1.165, 1.54) is 0 Å². The molecule has 0 saturated carbocycles. The molecular formula is C20H26Cl2N2O3. The summed E-state index contributed by atoms with van der Waals surface area (Å²) < 4.78 is 17.1. The summed E-state index contributed by atoms with van der Waals surface area (Å²) in [5.74, 6) is 1.62. The number of nitrogens with two attached hydrogens (primary N) is 1. The topological polar surface area (TPSA) is 57.0 Å². The molecule has 1 aliphatic rings. The second-order valence-electron chi connectivity index (χ2n) is 6.19. The Morgan fingerprint density at radius 3 is 2.67 bits per heavy atom. The Morgan fingerprint density at radius 1 is 1.07 bits per heavy atom. The molecule has 0 aromatic heterocycles. The van der Waals surface area contributed by atoms with Gasteiger partial charge in [0.2, 0.25) is 0 Å². The number of hydrogen-bond acceptors (Lipinski definition) is 5. The third-order valence-corrected chi connectivity index (χ3v) is 4.55. The van der Waals surface area contributed by atoms with Crippen molar-refractivity contribution in [1.29, 1.82) is 0 Å². The van der Waals surface area contributed by atoms with Crippen LogP contribution in [0.25, 0.3) is 0 Å². The van der Waals surface area contributed by atoms with E-state index in [2.05, 4.69) is 4.90 Å². The second kappa shape index (κ2) is 11.4. The molecule has 2 N–H and O–H groups in total. The quantitative estimate of drug-likeness (QED) is 0.718. The lowest BCUT2D eigenvalue weighted by atomic mass is 10.2. The van der Waals surface area contributed by atoms with E-state index in [-0.39, 0.29) is 12.4 Å². The number of halogens is 2. The van der Waals surface area contributed by atoms with Gasteiger partial charge in [-0.3, -0.25) is 4.90 Å². The maximum Gasteiger partial charge on any atom is 0.124 e. The first-order valence-corrected chi connectivity index (χ1v) is 9.25. The number of nitrogens with zero attached hydrogens (tertiary/aromatic N) is 1. The molecule has 5 nitrogen and oxygen atoms in total. The molecule has 2 aromatic carbocycles. The maximum atomic E-state index is 6.00. The molecule has 7 heteroatoms. The van der Waals surface area contributed by atoms with Crippen molar-refractivity contribution in [3.8, 4) is 11.5 Å². The van der Waals surface area contributed by atoms with Crippen molar-refractivity contribution < 1.29 is 14.2 Å². The summed E-state index contributed by atoms with van der Waals surface area (Å²) in [4.78, 5) is 2.35. The van der Waals surface area contributed by atoms with Gasteiger partial charge in [0, 0.05) is 36.8 Å². The van der Waals surface area contributed by atoms with Crippen LogP contribution in [0.5, 0.6) is 11.5 Å². The van der Waals surface area contributed by atoms with E-state index >= 15 is 0 Å². The van der Waals surface area contributed by atoms with E-state index in [1.54, 1.807) is 6.07 Å². The number of rotatable bonds is 8. The predicted octanol–water partition coefficient (Wildman–Crippen LogP) is 3.51. The van der Waals surface area contributed by atoms with Gasteiger partial charge in [0.05, 0.1) is 13.2 Å². The van der Waals surface area contributed by atoms with Crippen LogP contribution in [-0.2, 0) is 17.9 Å². The van der Waals surface area contributed by atoms with E-state index in [0.717, 1.165) is 55.5 Å². The largest absolute Gasteiger partial charge is 0.492 e. The summed E-state index contributed by atoms with van der Waals surface area (Å²) >= 11 is 6.00. The van der Waals surface area contributed by atoms with Gasteiger partial charge in [-0.15, -0.1) is 12.4 Å². The minimum Gasteiger partial charge on any atom is -0.492 e. The highest BCUT2D eigenvalue weighted by molar-refractivity contribution is 6.30. The monoisotopic (exact) mass is 412 g/mol. The zero-order valence-corrected chi connectivity index (χ0v) is 16.8. The van der Waals surface area contributed by atoms with Gasteiger partial charge in [-0.1, -0.05) is 23.7 Å². The Hall–Kier alpha value is -1.50. The van der Waals surface area contributed by atoms with Crippen molar-refractivity contribution in [3.05, 3.63) is 58.6 Å². The van der Waals surface area contributed by atoms with Crippen molar-refractivity contribution in [2.45, 2.75) is 13.2 Å². The lowest BCUT2D eigenvalue weighted by molar-refractivity contribution is 0.0322. The SMILES string of the molecule is Cl.NCc1cc(Cl)ccc1OCc1cccc(OCCN2CCOCC2)c1. The van der Waals surface area contributed by atoms with Crippen LogP contribution in [0.15, 0.2) is 42.5 Å². The molecular weight excluding hydrogens is 387 g/mol. The highest BCUT2D eigenvalue weighted by atomic mass is 35.5. The number of hydrogen-bond donors (Lipinski definition) is 1. The highest BCUT2D eigenvalue weighted by Crippen LogP contribution is 2.24. The molecule has 3 rings (SSSR count). The van der Waals surface area contributed by atoms with Crippen molar-refractivity contribution in [1.82, 2.24) is 4.90 Å².